The summed E-state index contributed by atoms with van der Waals surface area (Å²) in [6, 6.07) is 4.35. The van der Waals surface area contributed by atoms with E-state index < -0.39 is 5.82 Å². The third kappa shape index (κ3) is 4.28. The summed E-state index contributed by atoms with van der Waals surface area (Å²) in [6.07, 6.45) is 1.68. The summed E-state index contributed by atoms with van der Waals surface area (Å²) in [5.74, 6) is 4.43. The zero-order valence-corrected chi connectivity index (χ0v) is 12.0. The van der Waals surface area contributed by atoms with Crippen LogP contribution in [0.1, 0.15) is 35.7 Å². The molecule has 0 radical (unpaired) electrons. The van der Waals surface area contributed by atoms with Crippen LogP contribution in [0, 0.1) is 17.7 Å². The Morgan fingerprint density at radius 2 is 2.38 bits per heavy atom. The summed E-state index contributed by atoms with van der Waals surface area (Å²) in [6.45, 7) is 2.78. The van der Waals surface area contributed by atoms with Gasteiger partial charge in [-0.05, 0) is 38.0 Å². The van der Waals surface area contributed by atoms with Crippen molar-refractivity contribution < 1.29 is 13.9 Å². The van der Waals surface area contributed by atoms with Crippen LogP contribution in [-0.4, -0.2) is 31.2 Å². The topological polar surface area (TPSA) is 64.4 Å². The van der Waals surface area contributed by atoms with Crippen LogP contribution in [0.4, 0.5) is 4.39 Å². The monoisotopic (exact) mass is 290 g/mol. The van der Waals surface area contributed by atoms with Crippen LogP contribution in [0.3, 0.4) is 0 Å². The third-order valence-electron chi connectivity index (χ3n) is 3.38. The van der Waals surface area contributed by atoms with E-state index >= 15 is 0 Å². The number of amides is 1. The average molecular weight is 290 g/mol. The van der Waals surface area contributed by atoms with E-state index in [4.69, 9.17) is 10.5 Å². The van der Waals surface area contributed by atoms with E-state index in [1.54, 1.807) is 6.07 Å². The summed E-state index contributed by atoms with van der Waals surface area (Å²) in [5.41, 5.74) is 5.79. The van der Waals surface area contributed by atoms with Gasteiger partial charge in [0.15, 0.2) is 0 Å². The second-order valence-electron chi connectivity index (χ2n) is 5.08. The van der Waals surface area contributed by atoms with Gasteiger partial charge in [-0.3, -0.25) is 4.79 Å². The summed E-state index contributed by atoms with van der Waals surface area (Å²) in [7, 11) is 0. The molecule has 112 valence electrons. The number of rotatable bonds is 2. The highest BCUT2D eigenvalue weighted by molar-refractivity contribution is 5.94. The molecule has 2 atom stereocenters. The van der Waals surface area contributed by atoms with Crippen LogP contribution in [0.15, 0.2) is 18.2 Å². The highest BCUT2D eigenvalue weighted by atomic mass is 19.1. The number of halogens is 1. The van der Waals surface area contributed by atoms with Crippen LogP contribution in [0.25, 0.3) is 0 Å². The zero-order valence-electron chi connectivity index (χ0n) is 12.0. The first-order chi connectivity index (χ1) is 10.1. The van der Waals surface area contributed by atoms with Crippen molar-refractivity contribution in [1.82, 2.24) is 5.32 Å². The Labute approximate surface area is 123 Å². The minimum Gasteiger partial charge on any atom is -0.378 e. The number of hydrogen-bond donors (Lipinski definition) is 2. The van der Waals surface area contributed by atoms with Crippen molar-refractivity contribution in [2.24, 2.45) is 5.73 Å². The van der Waals surface area contributed by atoms with E-state index in [1.807, 2.05) is 6.92 Å². The molecule has 2 rings (SSSR count). The quantitative estimate of drug-likeness (QED) is 0.810. The molecule has 4 nitrogen and oxygen atoms in total. The standard InChI is InChI=1S/C16H19FN2O2/c1-11-9-14(6-8-21-11)19-16(20)13-5-4-12(3-2-7-18)15(17)10-13/h4-5,10-11,14H,6-9,18H2,1H3,(H,19,20). The molecule has 1 aromatic rings. The normalized spacial score (nSPS) is 21.3. The highest BCUT2D eigenvalue weighted by Gasteiger charge is 2.21. The molecule has 1 aliphatic heterocycles. The molecule has 1 saturated heterocycles. The van der Waals surface area contributed by atoms with Crippen LogP contribution in [0.5, 0.6) is 0 Å². The fourth-order valence-electron chi connectivity index (χ4n) is 2.30. The molecule has 1 fully saturated rings. The fourth-order valence-corrected chi connectivity index (χ4v) is 2.30. The number of ether oxygens (including phenoxy) is 1. The highest BCUT2D eigenvalue weighted by Crippen LogP contribution is 2.15. The SMILES string of the molecule is CC1CC(NC(=O)c2ccc(C#CCN)c(F)c2)CCO1. The van der Waals surface area contributed by atoms with Gasteiger partial charge in [0.05, 0.1) is 18.2 Å². The van der Waals surface area contributed by atoms with Crippen molar-refractivity contribution in [3.05, 3.63) is 35.1 Å². The Hall–Kier alpha value is -1.90. The summed E-state index contributed by atoms with van der Waals surface area (Å²) < 4.78 is 19.3. The number of nitrogens with one attached hydrogen (secondary N) is 1. The summed E-state index contributed by atoms with van der Waals surface area (Å²) >= 11 is 0. The van der Waals surface area contributed by atoms with E-state index in [1.165, 1.54) is 12.1 Å². The van der Waals surface area contributed by atoms with Crippen molar-refractivity contribution in [3.63, 3.8) is 0 Å². The molecule has 0 aromatic heterocycles. The smallest absolute Gasteiger partial charge is 0.251 e. The predicted molar refractivity (Wildman–Crippen MR) is 78.2 cm³/mol. The first kappa shape index (κ1) is 15.5. The molecule has 1 aromatic carbocycles. The van der Waals surface area contributed by atoms with Gasteiger partial charge in [0.2, 0.25) is 0 Å². The first-order valence-corrected chi connectivity index (χ1v) is 7.01. The lowest BCUT2D eigenvalue weighted by atomic mass is 10.0. The molecule has 0 aliphatic carbocycles. The Balaban J connectivity index is 2.04. The largest absolute Gasteiger partial charge is 0.378 e. The minimum absolute atomic E-state index is 0.0704. The Kier molecular flexibility index (Phi) is 5.32. The molecule has 5 heteroatoms. The summed E-state index contributed by atoms with van der Waals surface area (Å²) in [5, 5.41) is 2.91. The van der Waals surface area contributed by atoms with Gasteiger partial charge in [0.25, 0.3) is 5.91 Å². The predicted octanol–water partition coefficient (Wildman–Crippen LogP) is 1.43. The van der Waals surface area contributed by atoms with Crippen molar-refractivity contribution in [3.8, 4) is 11.8 Å². The van der Waals surface area contributed by atoms with Crippen LogP contribution in [-0.2, 0) is 4.74 Å². The molecule has 21 heavy (non-hydrogen) atoms. The van der Waals surface area contributed by atoms with E-state index in [9.17, 15) is 9.18 Å². The van der Waals surface area contributed by atoms with Gasteiger partial charge >= 0.3 is 0 Å². The Bertz CT molecular complexity index is 577. The minimum atomic E-state index is -0.510. The molecule has 0 spiro atoms. The fraction of sp³-hybridized carbons (Fsp3) is 0.438. The number of carbonyl (C=O) groups is 1. The van der Waals surface area contributed by atoms with E-state index in [0.717, 1.165) is 12.8 Å². The van der Waals surface area contributed by atoms with Gasteiger partial charge in [0, 0.05) is 18.2 Å². The van der Waals surface area contributed by atoms with Gasteiger partial charge in [0.1, 0.15) is 5.82 Å². The second kappa shape index (κ2) is 7.21. The first-order valence-electron chi connectivity index (χ1n) is 7.01. The molecule has 1 heterocycles. The van der Waals surface area contributed by atoms with Crippen LogP contribution < -0.4 is 11.1 Å². The molecule has 2 unspecified atom stereocenters. The lowest BCUT2D eigenvalue weighted by Gasteiger charge is -2.27. The van der Waals surface area contributed by atoms with Gasteiger partial charge in [-0.2, -0.15) is 0 Å². The lowest BCUT2D eigenvalue weighted by Crippen LogP contribution is -2.41. The number of hydrogen-bond acceptors (Lipinski definition) is 3. The van der Waals surface area contributed by atoms with Gasteiger partial charge in [-0.25, -0.2) is 4.39 Å². The molecular weight excluding hydrogens is 271 g/mol. The Morgan fingerprint density at radius 3 is 3.05 bits per heavy atom. The average Bonchev–Trinajstić information content (AvgIpc) is 2.46. The second-order valence-corrected chi connectivity index (χ2v) is 5.08. The van der Waals surface area contributed by atoms with Crippen molar-refractivity contribution in [2.75, 3.05) is 13.2 Å². The molecular formula is C16H19FN2O2. The van der Waals surface area contributed by atoms with Crippen molar-refractivity contribution in [2.45, 2.75) is 31.9 Å². The van der Waals surface area contributed by atoms with E-state index in [-0.39, 0.29) is 30.2 Å². The maximum atomic E-state index is 13.8. The summed E-state index contributed by atoms with van der Waals surface area (Å²) in [4.78, 5) is 12.1. The van der Waals surface area contributed by atoms with Gasteiger partial charge < -0.3 is 15.8 Å². The molecule has 0 saturated carbocycles. The zero-order chi connectivity index (χ0) is 15.2. The maximum Gasteiger partial charge on any atom is 0.251 e. The molecule has 1 aliphatic rings. The number of carbonyl (C=O) groups excluding carboxylic acids is 1. The van der Waals surface area contributed by atoms with Crippen LogP contribution >= 0.6 is 0 Å². The third-order valence-corrected chi connectivity index (χ3v) is 3.38. The lowest BCUT2D eigenvalue weighted by molar-refractivity contribution is 0.0136. The van der Waals surface area contributed by atoms with Gasteiger partial charge in [-0.1, -0.05) is 11.8 Å². The van der Waals surface area contributed by atoms with Gasteiger partial charge in [-0.15, -0.1) is 0 Å². The molecule has 0 bridgehead atoms. The molecule has 1 amide bonds. The number of nitrogens with two attached hydrogens (primary N) is 1. The Morgan fingerprint density at radius 1 is 1.57 bits per heavy atom. The van der Waals surface area contributed by atoms with Crippen molar-refractivity contribution in [1.29, 1.82) is 0 Å². The van der Waals surface area contributed by atoms with Crippen molar-refractivity contribution >= 4 is 5.91 Å². The van der Waals surface area contributed by atoms with E-state index in [2.05, 4.69) is 17.2 Å². The van der Waals surface area contributed by atoms with Crippen LogP contribution in [0.2, 0.25) is 0 Å². The molecule has 3 N–H and O–H groups in total. The number of benzene rings is 1. The maximum absolute atomic E-state index is 13.8. The van der Waals surface area contributed by atoms with E-state index in [0.29, 0.717) is 12.2 Å².